The highest BCUT2D eigenvalue weighted by molar-refractivity contribution is 5.91. The zero-order chi connectivity index (χ0) is 27.6. The van der Waals surface area contributed by atoms with E-state index in [1.54, 1.807) is 7.05 Å². The molecule has 0 saturated carbocycles. The summed E-state index contributed by atoms with van der Waals surface area (Å²) in [5.74, 6) is -0.0348. The number of rotatable bonds is 9. The summed E-state index contributed by atoms with van der Waals surface area (Å²) in [5.41, 5.74) is 2.68. The van der Waals surface area contributed by atoms with Gasteiger partial charge in [-0.1, -0.05) is 48.5 Å². The van der Waals surface area contributed by atoms with E-state index in [4.69, 9.17) is 4.74 Å². The summed E-state index contributed by atoms with van der Waals surface area (Å²) >= 11 is 0. The molecule has 0 atom stereocenters. The largest absolute Gasteiger partial charge is 0.446 e. The number of carbonyl (C=O) groups is 4. The smallest absolute Gasteiger partial charge is 0.411 e. The normalized spacial score (nSPS) is 16.9. The Bertz CT molecular complexity index is 1130. The van der Waals surface area contributed by atoms with Gasteiger partial charge in [0.1, 0.15) is 12.4 Å². The Morgan fingerprint density at radius 3 is 2.31 bits per heavy atom. The maximum Gasteiger partial charge on any atom is 0.411 e. The molecule has 9 heteroatoms. The third kappa shape index (κ3) is 7.89. The van der Waals surface area contributed by atoms with Crippen molar-refractivity contribution < 1.29 is 23.9 Å². The van der Waals surface area contributed by atoms with Gasteiger partial charge in [-0.2, -0.15) is 0 Å². The summed E-state index contributed by atoms with van der Waals surface area (Å²) in [6, 6.07) is 17.6. The Balaban J connectivity index is 1.15. The third-order valence-corrected chi connectivity index (χ3v) is 7.62. The molecule has 2 fully saturated rings. The fraction of sp³-hybridized carbons (Fsp3) is 0.467. The number of hydrogen-bond donors (Lipinski definition) is 1. The monoisotopic (exact) mass is 534 g/mol. The molecule has 2 aliphatic heterocycles. The first-order valence-electron chi connectivity index (χ1n) is 13.8. The van der Waals surface area contributed by atoms with Gasteiger partial charge in [0.25, 0.3) is 0 Å². The molecule has 2 saturated heterocycles. The van der Waals surface area contributed by atoms with Crippen molar-refractivity contribution in [1.29, 1.82) is 0 Å². The molecule has 4 rings (SSSR count). The summed E-state index contributed by atoms with van der Waals surface area (Å²) in [4.78, 5) is 54.0. The van der Waals surface area contributed by atoms with Crippen LogP contribution in [0, 0.1) is 5.92 Å². The lowest BCUT2D eigenvalue weighted by Crippen LogP contribution is -2.45. The minimum absolute atomic E-state index is 0.0200. The van der Waals surface area contributed by atoms with Crippen LogP contribution in [0.3, 0.4) is 0 Å². The third-order valence-electron chi connectivity index (χ3n) is 7.62. The molecule has 2 heterocycles. The Hall–Kier alpha value is -3.72. The molecule has 2 aromatic carbocycles. The Kier molecular flexibility index (Phi) is 10.1. The summed E-state index contributed by atoms with van der Waals surface area (Å²) in [6.07, 6.45) is 3.27. The molecule has 208 valence electrons. The summed E-state index contributed by atoms with van der Waals surface area (Å²) in [6.45, 7) is 3.46. The van der Waals surface area contributed by atoms with Crippen molar-refractivity contribution >= 4 is 29.9 Å². The predicted octanol–water partition coefficient (Wildman–Crippen LogP) is 3.65. The number of likely N-dealkylation sites (N-methyl/N-ethyl adjacent to an activating group) is 1. The van der Waals surface area contributed by atoms with Crippen LogP contribution >= 0.6 is 0 Å². The van der Waals surface area contributed by atoms with E-state index in [0.717, 1.165) is 43.3 Å². The van der Waals surface area contributed by atoms with Gasteiger partial charge >= 0.3 is 6.09 Å². The van der Waals surface area contributed by atoms with Crippen LogP contribution in [-0.4, -0.2) is 91.3 Å². The van der Waals surface area contributed by atoms with Crippen LogP contribution in [0.4, 0.5) is 10.5 Å². The van der Waals surface area contributed by atoms with Gasteiger partial charge in [-0.25, -0.2) is 4.79 Å². The summed E-state index contributed by atoms with van der Waals surface area (Å²) in [5, 5.41) is 2.90. The van der Waals surface area contributed by atoms with E-state index >= 15 is 0 Å². The molecule has 3 amide bonds. The van der Waals surface area contributed by atoms with Gasteiger partial charge in [0.15, 0.2) is 0 Å². The van der Waals surface area contributed by atoms with Crippen LogP contribution in [0.5, 0.6) is 0 Å². The molecule has 2 aliphatic rings. The van der Waals surface area contributed by atoms with Gasteiger partial charge in [0.2, 0.25) is 11.8 Å². The number of amides is 3. The fourth-order valence-electron chi connectivity index (χ4n) is 5.30. The number of anilines is 1. The van der Waals surface area contributed by atoms with Crippen LogP contribution in [0.2, 0.25) is 0 Å². The number of piperidine rings is 2. The van der Waals surface area contributed by atoms with Crippen molar-refractivity contribution in [2.45, 2.75) is 38.2 Å². The van der Waals surface area contributed by atoms with E-state index in [2.05, 4.69) is 10.2 Å². The molecule has 0 bridgehead atoms. The highest BCUT2D eigenvalue weighted by atomic mass is 16.6. The van der Waals surface area contributed by atoms with Crippen LogP contribution in [0.1, 0.15) is 32.1 Å². The highest BCUT2D eigenvalue weighted by Crippen LogP contribution is 2.28. The van der Waals surface area contributed by atoms with E-state index in [9.17, 15) is 19.2 Å². The van der Waals surface area contributed by atoms with Crippen molar-refractivity contribution in [1.82, 2.24) is 14.7 Å². The van der Waals surface area contributed by atoms with Crippen LogP contribution in [0.15, 0.2) is 54.6 Å². The number of aldehydes is 1. The Morgan fingerprint density at radius 2 is 1.62 bits per heavy atom. The van der Waals surface area contributed by atoms with Gasteiger partial charge in [-0.05, 0) is 37.3 Å². The lowest BCUT2D eigenvalue weighted by atomic mass is 9.95. The second kappa shape index (κ2) is 13.9. The molecule has 1 N–H and O–H groups in total. The summed E-state index contributed by atoms with van der Waals surface area (Å²) in [7, 11) is 1.64. The molecule has 0 radical (unpaired) electrons. The van der Waals surface area contributed by atoms with Crippen LogP contribution < -0.4 is 5.32 Å². The number of nitrogens with zero attached hydrogens (tertiary/aromatic N) is 3. The number of hydrogen-bond acceptors (Lipinski definition) is 6. The van der Waals surface area contributed by atoms with Crippen LogP contribution in [-0.2, 0) is 19.1 Å². The second-order valence-electron chi connectivity index (χ2n) is 10.3. The fourth-order valence-corrected chi connectivity index (χ4v) is 5.30. The van der Waals surface area contributed by atoms with Crippen LogP contribution in [0.25, 0.3) is 11.1 Å². The Morgan fingerprint density at radius 1 is 0.949 bits per heavy atom. The first-order chi connectivity index (χ1) is 18.9. The first-order valence-corrected chi connectivity index (χ1v) is 13.8. The van der Waals surface area contributed by atoms with Gasteiger partial charge in [0, 0.05) is 57.7 Å². The van der Waals surface area contributed by atoms with E-state index in [0.29, 0.717) is 44.6 Å². The molecule has 2 aromatic rings. The molecule has 0 aromatic heterocycles. The lowest BCUT2D eigenvalue weighted by Gasteiger charge is -2.34. The van der Waals surface area contributed by atoms with Gasteiger partial charge in [-0.3, -0.25) is 14.9 Å². The number of ether oxygens (including phenoxy) is 1. The van der Waals surface area contributed by atoms with Crippen molar-refractivity contribution in [3.63, 3.8) is 0 Å². The van der Waals surface area contributed by atoms with Crippen molar-refractivity contribution in [2.75, 3.05) is 51.6 Å². The molecule has 39 heavy (non-hydrogen) atoms. The van der Waals surface area contributed by atoms with Crippen molar-refractivity contribution in [2.24, 2.45) is 5.92 Å². The van der Waals surface area contributed by atoms with E-state index in [1.807, 2.05) is 59.5 Å². The van der Waals surface area contributed by atoms with E-state index in [-0.39, 0.29) is 30.4 Å². The SMILES string of the molecule is CN(CC=O)C(=O)C1CCN(C(=O)CCN2CCC(OC(=O)Nc3ccccc3-c3ccccc3)CC2)CC1. The number of para-hydroxylation sites is 1. The highest BCUT2D eigenvalue weighted by Gasteiger charge is 2.29. The molecule has 0 spiro atoms. The number of likely N-dealkylation sites (tertiary alicyclic amines) is 2. The minimum atomic E-state index is -0.453. The molecule has 9 nitrogen and oxygen atoms in total. The van der Waals surface area contributed by atoms with E-state index in [1.165, 1.54) is 4.90 Å². The van der Waals surface area contributed by atoms with Crippen molar-refractivity contribution in [3.8, 4) is 11.1 Å². The minimum Gasteiger partial charge on any atom is -0.446 e. The maximum absolute atomic E-state index is 12.7. The second-order valence-corrected chi connectivity index (χ2v) is 10.3. The molecule has 0 aliphatic carbocycles. The van der Waals surface area contributed by atoms with E-state index < -0.39 is 6.09 Å². The maximum atomic E-state index is 12.7. The quantitative estimate of drug-likeness (QED) is 0.493. The molecular formula is C30H38N4O5. The average Bonchev–Trinajstić information content (AvgIpc) is 2.97. The molecule has 0 unspecified atom stereocenters. The number of nitrogens with one attached hydrogen (secondary N) is 1. The van der Waals surface area contributed by atoms with Gasteiger partial charge in [0.05, 0.1) is 12.2 Å². The number of benzene rings is 2. The topological polar surface area (TPSA) is 99.3 Å². The van der Waals surface area contributed by atoms with Gasteiger partial charge < -0.3 is 24.2 Å². The zero-order valence-electron chi connectivity index (χ0n) is 22.6. The average molecular weight is 535 g/mol. The zero-order valence-corrected chi connectivity index (χ0v) is 22.6. The summed E-state index contributed by atoms with van der Waals surface area (Å²) < 4.78 is 5.71. The Labute approximate surface area is 230 Å². The van der Waals surface area contributed by atoms with Crippen molar-refractivity contribution in [3.05, 3.63) is 54.6 Å². The predicted molar refractivity (Wildman–Crippen MR) is 149 cm³/mol. The standard InChI is InChI=1S/C30H38N4O5/c1-32(21-22-35)29(37)24-11-19-34(20-12-24)28(36)15-18-33-16-13-25(14-17-33)39-30(38)31-27-10-6-5-9-26(27)23-7-3-2-4-8-23/h2-10,22,24-25H,11-21H2,1H3,(H,31,38). The first kappa shape index (κ1) is 28.3. The molecular weight excluding hydrogens is 496 g/mol. The van der Waals surface area contributed by atoms with Gasteiger partial charge in [-0.15, -0.1) is 0 Å². The lowest BCUT2D eigenvalue weighted by molar-refractivity contribution is -0.140. The number of carbonyl (C=O) groups excluding carboxylic acids is 4.